The average molecular weight is 306 g/mol. The number of hydrogen-bond acceptors (Lipinski definition) is 5. The molecule has 0 saturated heterocycles. The van der Waals surface area contributed by atoms with Crippen LogP contribution in [0.5, 0.6) is 5.75 Å². The number of aryl methyl sites for hydroxylation is 1. The Balaban J connectivity index is 1.60. The fraction of sp³-hybridized carbons (Fsp3) is 0.357. The number of ether oxygens (including phenoxy) is 1. The number of H-pyrrole nitrogens is 1. The number of thioether (sulfide) groups is 1. The molecular formula is C14H18N4O2S. The van der Waals surface area contributed by atoms with E-state index in [0.717, 1.165) is 29.3 Å². The number of nitrogens with zero attached hydrogens (tertiary/aromatic N) is 2. The lowest BCUT2D eigenvalue weighted by Gasteiger charge is -2.05. The van der Waals surface area contributed by atoms with E-state index in [-0.39, 0.29) is 5.91 Å². The highest BCUT2D eigenvalue weighted by Crippen LogP contribution is 2.20. The Morgan fingerprint density at radius 2 is 2.19 bits per heavy atom. The Kier molecular flexibility index (Phi) is 6.08. The van der Waals surface area contributed by atoms with E-state index in [4.69, 9.17) is 4.74 Å². The third kappa shape index (κ3) is 5.47. The number of nitrogens with one attached hydrogen (secondary N) is 2. The fourth-order valence-electron chi connectivity index (χ4n) is 1.71. The highest BCUT2D eigenvalue weighted by atomic mass is 32.2. The van der Waals surface area contributed by atoms with Crippen molar-refractivity contribution in [2.75, 3.05) is 19.4 Å². The molecule has 0 aliphatic rings. The van der Waals surface area contributed by atoms with Gasteiger partial charge in [-0.3, -0.25) is 9.89 Å². The van der Waals surface area contributed by atoms with E-state index in [1.807, 2.05) is 24.3 Å². The van der Waals surface area contributed by atoms with Gasteiger partial charge in [0.05, 0.1) is 12.9 Å². The summed E-state index contributed by atoms with van der Waals surface area (Å²) in [6, 6.07) is 7.66. The summed E-state index contributed by atoms with van der Waals surface area (Å²) >= 11 is 1.51. The quantitative estimate of drug-likeness (QED) is 0.572. The Hall–Kier alpha value is -2.02. The maximum atomic E-state index is 11.7. The van der Waals surface area contributed by atoms with Crippen LogP contribution in [0.15, 0.2) is 35.5 Å². The van der Waals surface area contributed by atoms with Crippen molar-refractivity contribution in [2.45, 2.75) is 17.7 Å². The van der Waals surface area contributed by atoms with Crippen molar-refractivity contribution < 1.29 is 9.53 Å². The van der Waals surface area contributed by atoms with Gasteiger partial charge in [-0.1, -0.05) is 0 Å². The van der Waals surface area contributed by atoms with Crippen molar-refractivity contribution in [1.82, 2.24) is 20.5 Å². The van der Waals surface area contributed by atoms with Gasteiger partial charge in [-0.2, -0.15) is 5.10 Å². The second kappa shape index (κ2) is 8.31. The number of rotatable bonds is 8. The highest BCUT2D eigenvalue weighted by Gasteiger charge is 2.03. The minimum atomic E-state index is 0.0355. The first kappa shape index (κ1) is 15.4. The molecule has 7 heteroatoms. The number of carbonyl (C=O) groups is 1. The largest absolute Gasteiger partial charge is 0.497 e. The van der Waals surface area contributed by atoms with Crippen LogP contribution in [0.25, 0.3) is 0 Å². The summed E-state index contributed by atoms with van der Waals surface area (Å²) in [5.41, 5.74) is 0. The molecule has 1 heterocycles. The molecule has 1 aromatic heterocycles. The maximum absolute atomic E-state index is 11.7. The molecule has 21 heavy (non-hydrogen) atoms. The number of hydrogen-bond donors (Lipinski definition) is 2. The number of carbonyl (C=O) groups excluding carboxylic acids is 1. The molecule has 1 amide bonds. The second-order valence-corrected chi connectivity index (χ2v) is 5.40. The smallest absolute Gasteiger partial charge is 0.230 e. The molecule has 0 unspecified atom stereocenters. The lowest BCUT2D eigenvalue weighted by Crippen LogP contribution is -2.26. The van der Waals surface area contributed by atoms with Crippen LogP contribution in [0.2, 0.25) is 0 Å². The van der Waals surface area contributed by atoms with Gasteiger partial charge in [0.1, 0.15) is 17.9 Å². The first-order valence-electron chi connectivity index (χ1n) is 6.65. The monoisotopic (exact) mass is 306 g/mol. The van der Waals surface area contributed by atoms with Gasteiger partial charge in [-0.15, -0.1) is 11.8 Å². The van der Waals surface area contributed by atoms with Crippen LogP contribution < -0.4 is 10.1 Å². The third-order valence-electron chi connectivity index (χ3n) is 2.81. The summed E-state index contributed by atoms with van der Waals surface area (Å²) < 4.78 is 5.09. The van der Waals surface area contributed by atoms with E-state index in [1.54, 1.807) is 7.11 Å². The Bertz CT molecular complexity index is 543. The summed E-state index contributed by atoms with van der Waals surface area (Å²) in [6.07, 6.45) is 3.11. The van der Waals surface area contributed by atoms with Crippen LogP contribution in [0.3, 0.4) is 0 Å². The van der Waals surface area contributed by atoms with Gasteiger partial charge in [-0.25, -0.2) is 4.98 Å². The first-order valence-corrected chi connectivity index (χ1v) is 7.64. The van der Waals surface area contributed by atoms with Crippen LogP contribution in [0.4, 0.5) is 0 Å². The zero-order chi connectivity index (χ0) is 14.9. The molecule has 0 bridgehead atoms. The maximum Gasteiger partial charge on any atom is 0.230 e. The van der Waals surface area contributed by atoms with Crippen molar-refractivity contribution in [3.63, 3.8) is 0 Å². The zero-order valence-corrected chi connectivity index (χ0v) is 12.7. The van der Waals surface area contributed by atoms with Gasteiger partial charge in [-0.05, 0) is 30.7 Å². The Morgan fingerprint density at radius 3 is 2.86 bits per heavy atom. The Labute approximate surface area is 127 Å². The van der Waals surface area contributed by atoms with Gasteiger partial charge in [0, 0.05) is 17.9 Å². The molecule has 0 saturated carbocycles. The number of aromatic amines is 1. The van der Waals surface area contributed by atoms with Crippen LogP contribution in [-0.4, -0.2) is 40.5 Å². The molecule has 112 valence electrons. The third-order valence-corrected chi connectivity index (χ3v) is 3.82. The minimum Gasteiger partial charge on any atom is -0.497 e. The van der Waals surface area contributed by atoms with Crippen molar-refractivity contribution >= 4 is 17.7 Å². The van der Waals surface area contributed by atoms with Crippen LogP contribution >= 0.6 is 11.8 Å². The van der Waals surface area contributed by atoms with Crippen LogP contribution in [0, 0.1) is 0 Å². The van der Waals surface area contributed by atoms with E-state index >= 15 is 0 Å². The van der Waals surface area contributed by atoms with E-state index in [0.29, 0.717) is 12.3 Å². The molecular weight excluding hydrogens is 288 g/mol. The van der Waals surface area contributed by atoms with Gasteiger partial charge in [0.25, 0.3) is 0 Å². The summed E-state index contributed by atoms with van der Waals surface area (Å²) in [7, 11) is 1.63. The topological polar surface area (TPSA) is 79.9 Å². The molecule has 1 aromatic carbocycles. The molecule has 0 atom stereocenters. The molecule has 2 rings (SSSR count). The summed E-state index contributed by atoms with van der Waals surface area (Å²) in [4.78, 5) is 16.8. The molecule has 0 fully saturated rings. The average Bonchev–Trinajstić information content (AvgIpc) is 3.03. The van der Waals surface area contributed by atoms with E-state index < -0.39 is 0 Å². The van der Waals surface area contributed by atoms with Crippen LogP contribution in [-0.2, 0) is 11.2 Å². The summed E-state index contributed by atoms with van der Waals surface area (Å²) in [5, 5.41) is 9.46. The summed E-state index contributed by atoms with van der Waals surface area (Å²) in [6.45, 7) is 0.642. The number of aromatic nitrogens is 3. The van der Waals surface area contributed by atoms with E-state index in [9.17, 15) is 4.79 Å². The molecule has 0 aliphatic heterocycles. The van der Waals surface area contributed by atoms with Crippen LogP contribution in [0.1, 0.15) is 12.2 Å². The lowest BCUT2D eigenvalue weighted by atomic mass is 10.3. The van der Waals surface area contributed by atoms with Crippen molar-refractivity contribution in [3.05, 3.63) is 36.4 Å². The van der Waals surface area contributed by atoms with Gasteiger partial charge < -0.3 is 10.1 Å². The van der Waals surface area contributed by atoms with Crippen molar-refractivity contribution in [2.24, 2.45) is 0 Å². The normalized spacial score (nSPS) is 10.3. The number of benzene rings is 1. The zero-order valence-electron chi connectivity index (χ0n) is 11.8. The fourth-order valence-corrected chi connectivity index (χ4v) is 2.44. The molecule has 2 aromatic rings. The molecule has 0 spiro atoms. The molecule has 0 aliphatic carbocycles. The Morgan fingerprint density at radius 1 is 1.38 bits per heavy atom. The standard InChI is InChI=1S/C14H18N4O2S/c1-20-11-4-6-12(7-5-11)21-9-14(19)15-8-2-3-13-16-10-17-18-13/h4-7,10H,2-3,8-9H2,1H3,(H,15,19)(H,16,17,18). The predicted octanol–water partition coefficient (Wildman–Crippen LogP) is 1.65. The SMILES string of the molecule is COc1ccc(SCC(=O)NCCCc2ncn[nH]2)cc1. The van der Waals surface area contributed by atoms with Crippen molar-refractivity contribution in [3.8, 4) is 5.75 Å². The second-order valence-electron chi connectivity index (χ2n) is 4.35. The summed E-state index contributed by atoms with van der Waals surface area (Å²) in [5.74, 6) is 2.11. The number of methoxy groups -OCH3 is 1. The first-order chi connectivity index (χ1) is 10.3. The van der Waals surface area contributed by atoms with Gasteiger partial charge >= 0.3 is 0 Å². The van der Waals surface area contributed by atoms with Gasteiger partial charge in [0.2, 0.25) is 5.91 Å². The lowest BCUT2D eigenvalue weighted by molar-refractivity contribution is -0.118. The predicted molar refractivity (Wildman–Crippen MR) is 81.4 cm³/mol. The molecule has 2 N–H and O–H groups in total. The molecule has 6 nitrogen and oxygen atoms in total. The van der Waals surface area contributed by atoms with Crippen molar-refractivity contribution in [1.29, 1.82) is 0 Å². The van der Waals surface area contributed by atoms with E-state index in [1.165, 1.54) is 18.1 Å². The minimum absolute atomic E-state index is 0.0355. The number of amides is 1. The molecule has 0 radical (unpaired) electrons. The van der Waals surface area contributed by atoms with E-state index in [2.05, 4.69) is 20.5 Å². The van der Waals surface area contributed by atoms with Gasteiger partial charge in [0.15, 0.2) is 0 Å². The highest BCUT2D eigenvalue weighted by molar-refractivity contribution is 8.00.